The Hall–Kier alpha value is -1.75. The van der Waals surface area contributed by atoms with E-state index in [4.69, 9.17) is 34.8 Å². The van der Waals surface area contributed by atoms with Crippen LogP contribution in [0.4, 0.5) is 5.69 Å². The maximum atomic E-state index is 12.7. The molecule has 0 spiro atoms. The van der Waals surface area contributed by atoms with Crippen molar-refractivity contribution in [2.24, 2.45) is 5.10 Å². The molecule has 0 radical (unpaired) electrons. The lowest BCUT2D eigenvalue weighted by Crippen LogP contribution is -2.45. The lowest BCUT2D eigenvalue weighted by atomic mass is 10.0. The summed E-state index contributed by atoms with van der Waals surface area (Å²) in [4.78, 5) is 14.5. The van der Waals surface area contributed by atoms with Gasteiger partial charge in [-0.2, -0.15) is 5.10 Å². The number of hydrogen-bond donors (Lipinski definition) is 0. The molecule has 2 aliphatic rings. The number of nitrogens with zero attached hydrogens (tertiary/aromatic N) is 3. The van der Waals surface area contributed by atoms with Crippen molar-refractivity contribution in [1.29, 1.82) is 0 Å². The second kappa shape index (κ2) is 7.10. The van der Waals surface area contributed by atoms with Gasteiger partial charge in [0, 0.05) is 29.6 Å². The van der Waals surface area contributed by atoms with Crippen LogP contribution in [-0.2, 0) is 4.79 Å². The highest BCUT2D eigenvalue weighted by atomic mass is 35.5. The van der Waals surface area contributed by atoms with Gasteiger partial charge in [-0.1, -0.05) is 46.9 Å². The number of hydrogen-bond acceptors (Lipinski definition) is 3. The van der Waals surface area contributed by atoms with E-state index in [9.17, 15) is 4.79 Å². The fraction of sp³-hybridized carbons (Fsp3) is 0.263. The Morgan fingerprint density at radius 2 is 1.69 bits per heavy atom. The quantitative estimate of drug-likeness (QED) is 0.701. The van der Waals surface area contributed by atoms with E-state index in [0.29, 0.717) is 27.2 Å². The molecule has 1 amide bonds. The molecule has 2 heterocycles. The number of halogens is 3. The Bertz CT molecular complexity index is 878. The second-order valence-electron chi connectivity index (χ2n) is 6.40. The Kier molecular flexibility index (Phi) is 4.82. The summed E-state index contributed by atoms with van der Waals surface area (Å²) >= 11 is 18.5. The molecule has 134 valence electrons. The number of amides is 1. The Morgan fingerprint density at radius 1 is 1.00 bits per heavy atom. The highest BCUT2D eigenvalue weighted by molar-refractivity contribution is 6.40. The third-order valence-corrected chi connectivity index (χ3v) is 5.50. The molecule has 2 aromatic rings. The topological polar surface area (TPSA) is 35.9 Å². The molecule has 0 aliphatic carbocycles. The summed E-state index contributed by atoms with van der Waals surface area (Å²) in [5.41, 5.74) is 2.30. The Morgan fingerprint density at radius 3 is 2.31 bits per heavy atom. The molecule has 4 rings (SSSR count). The van der Waals surface area contributed by atoms with Gasteiger partial charge in [0.2, 0.25) is 0 Å². The van der Waals surface area contributed by atoms with Crippen molar-refractivity contribution in [3.63, 3.8) is 0 Å². The Labute approximate surface area is 166 Å². The molecule has 1 atom stereocenters. The first-order valence-electron chi connectivity index (χ1n) is 8.39. The summed E-state index contributed by atoms with van der Waals surface area (Å²) in [7, 11) is 0. The van der Waals surface area contributed by atoms with Gasteiger partial charge in [-0.25, -0.2) is 0 Å². The van der Waals surface area contributed by atoms with Crippen LogP contribution in [0.1, 0.15) is 24.4 Å². The third kappa shape index (κ3) is 3.29. The highest BCUT2D eigenvalue weighted by Gasteiger charge is 2.36. The zero-order chi connectivity index (χ0) is 18.3. The zero-order valence-corrected chi connectivity index (χ0v) is 16.1. The number of likely N-dealkylation sites (tertiary alicyclic amines) is 1. The smallest absolute Gasteiger partial charge is 0.270 e. The van der Waals surface area contributed by atoms with Crippen LogP contribution in [0.25, 0.3) is 0 Å². The van der Waals surface area contributed by atoms with Gasteiger partial charge < -0.3 is 4.90 Å². The molecule has 0 saturated carbocycles. The molecule has 1 fully saturated rings. The zero-order valence-electron chi connectivity index (χ0n) is 13.8. The lowest BCUT2D eigenvalue weighted by molar-refractivity contribution is -0.127. The molecule has 4 nitrogen and oxygen atoms in total. The summed E-state index contributed by atoms with van der Waals surface area (Å²) in [6.07, 6.45) is 1.57. The number of hydrazone groups is 1. The van der Waals surface area contributed by atoms with Crippen LogP contribution in [0.2, 0.25) is 15.1 Å². The second-order valence-corrected chi connectivity index (χ2v) is 7.68. The van der Waals surface area contributed by atoms with Crippen molar-refractivity contribution >= 4 is 52.1 Å². The van der Waals surface area contributed by atoms with Crippen LogP contribution in [0.5, 0.6) is 0 Å². The number of rotatable bonds is 3. The molecule has 0 bridgehead atoms. The largest absolute Gasteiger partial charge is 0.337 e. The van der Waals surface area contributed by atoms with Crippen molar-refractivity contribution in [2.75, 3.05) is 18.1 Å². The van der Waals surface area contributed by atoms with Gasteiger partial charge in [-0.3, -0.25) is 9.80 Å². The van der Waals surface area contributed by atoms with E-state index >= 15 is 0 Å². The van der Waals surface area contributed by atoms with Crippen molar-refractivity contribution in [1.82, 2.24) is 4.90 Å². The van der Waals surface area contributed by atoms with E-state index in [1.165, 1.54) is 0 Å². The van der Waals surface area contributed by atoms with Crippen LogP contribution >= 0.6 is 34.8 Å². The van der Waals surface area contributed by atoms with E-state index in [-0.39, 0.29) is 11.9 Å². The first-order valence-corrected chi connectivity index (χ1v) is 9.53. The summed E-state index contributed by atoms with van der Waals surface area (Å²) in [5, 5.41) is 8.17. The summed E-state index contributed by atoms with van der Waals surface area (Å²) in [6, 6.07) is 12.8. The lowest BCUT2D eigenvalue weighted by Gasteiger charge is -2.30. The van der Waals surface area contributed by atoms with E-state index in [2.05, 4.69) is 5.10 Å². The minimum Gasteiger partial charge on any atom is -0.337 e. The minimum absolute atomic E-state index is 0.00259. The van der Waals surface area contributed by atoms with Gasteiger partial charge in [0.15, 0.2) is 0 Å². The fourth-order valence-electron chi connectivity index (χ4n) is 3.17. The minimum atomic E-state index is -0.119. The maximum Gasteiger partial charge on any atom is 0.270 e. The van der Waals surface area contributed by atoms with Gasteiger partial charge in [0.1, 0.15) is 5.71 Å². The van der Waals surface area contributed by atoms with Gasteiger partial charge in [0.25, 0.3) is 5.91 Å². The van der Waals surface area contributed by atoms with Crippen LogP contribution in [0.15, 0.2) is 47.6 Å². The first-order chi connectivity index (χ1) is 12.5. The van der Waals surface area contributed by atoms with Crippen LogP contribution in [0, 0.1) is 0 Å². The molecule has 0 aromatic heterocycles. The van der Waals surface area contributed by atoms with Crippen LogP contribution in [0.3, 0.4) is 0 Å². The van der Waals surface area contributed by atoms with E-state index in [1.807, 2.05) is 40.2 Å². The van der Waals surface area contributed by atoms with E-state index < -0.39 is 0 Å². The summed E-state index contributed by atoms with van der Waals surface area (Å²) < 4.78 is 0. The molecule has 7 heteroatoms. The number of carbonyl (C=O) groups excluding carboxylic acids is 1. The van der Waals surface area contributed by atoms with Crippen LogP contribution in [-0.4, -0.2) is 29.6 Å². The summed E-state index contributed by atoms with van der Waals surface area (Å²) in [6.45, 7) is 1.59. The standard InChI is InChI=1S/C19H16Cl3N3O/c20-13-4-2-12(3-5-13)18-11-16(19(26)24-8-1-9-24)23-25(18)17-7-6-14(21)10-15(17)22/h2-7,10,18H,1,8-9,11H2. The van der Waals surface area contributed by atoms with E-state index in [1.54, 1.807) is 12.1 Å². The van der Waals surface area contributed by atoms with Crippen LogP contribution < -0.4 is 5.01 Å². The molecule has 2 aromatic carbocycles. The van der Waals surface area contributed by atoms with E-state index in [0.717, 1.165) is 30.8 Å². The fourth-order valence-corrected chi connectivity index (χ4v) is 3.80. The normalized spacial score (nSPS) is 19.3. The van der Waals surface area contributed by atoms with Crippen molar-refractivity contribution in [3.8, 4) is 0 Å². The predicted molar refractivity (Wildman–Crippen MR) is 106 cm³/mol. The number of carbonyl (C=O) groups is 1. The number of anilines is 1. The molecule has 1 unspecified atom stereocenters. The average Bonchev–Trinajstić information content (AvgIpc) is 2.99. The molecule has 1 saturated heterocycles. The van der Waals surface area contributed by atoms with Gasteiger partial charge in [-0.05, 0) is 42.3 Å². The molecular formula is C19H16Cl3N3O. The monoisotopic (exact) mass is 407 g/mol. The molecular weight excluding hydrogens is 393 g/mol. The van der Waals surface area contributed by atoms with Gasteiger partial charge in [-0.15, -0.1) is 0 Å². The van der Waals surface area contributed by atoms with Crippen molar-refractivity contribution in [2.45, 2.75) is 18.9 Å². The maximum absolute atomic E-state index is 12.7. The van der Waals surface area contributed by atoms with Gasteiger partial charge >= 0.3 is 0 Å². The molecule has 26 heavy (non-hydrogen) atoms. The summed E-state index contributed by atoms with van der Waals surface area (Å²) in [5.74, 6) is 0.00259. The first kappa shape index (κ1) is 17.7. The van der Waals surface area contributed by atoms with Crippen molar-refractivity contribution in [3.05, 3.63) is 63.1 Å². The third-order valence-electron chi connectivity index (χ3n) is 4.71. The number of benzene rings is 2. The predicted octanol–water partition coefficient (Wildman–Crippen LogP) is 5.19. The van der Waals surface area contributed by atoms with Gasteiger partial charge in [0.05, 0.1) is 16.8 Å². The SMILES string of the molecule is O=C(C1=NN(c2ccc(Cl)cc2Cl)C(c2ccc(Cl)cc2)C1)N1CCC1. The highest BCUT2D eigenvalue weighted by Crippen LogP contribution is 2.40. The molecule has 0 N–H and O–H groups in total. The Balaban J connectivity index is 1.72. The average molecular weight is 409 g/mol. The molecule has 2 aliphatic heterocycles. The van der Waals surface area contributed by atoms with Crippen molar-refractivity contribution < 1.29 is 4.79 Å².